The quantitative estimate of drug-likeness (QED) is 0.787. The molecule has 2 aromatic rings. The molecule has 0 spiro atoms. The molecule has 112 valence electrons. The van der Waals surface area contributed by atoms with Gasteiger partial charge in [0.1, 0.15) is 5.15 Å². The fraction of sp³-hybridized carbons (Fsp3) is 0.357. The molecule has 0 N–H and O–H groups in total. The number of thioether (sulfide) groups is 1. The number of aromatic nitrogens is 1. The average Bonchev–Trinajstić information content (AvgIpc) is 2.76. The lowest BCUT2D eigenvalue weighted by molar-refractivity contribution is 0.435. The van der Waals surface area contributed by atoms with E-state index in [-0.39, 0.29) is 0 Å². The van der Waals surface area contributed by atoms with Crippen LogP contribution in [0, 0.1) is 0 Å². The van der Waals surface area contributed by atoms with Gasteiger partial charge < -0.3 is 0 Å². The van der Waals surface area contributed by atoms with Crippen LogP contribution in [0.15, 0.2) is 35.2 Å². The SMILES string of the molecule is O=S(=O)(c1ccc2nc(Cl)ccc2c1)N1CCCSCC1. The van der Waals surface area contributed by atoms with Gasteiger partial charge in [-0.05, 0) is 42.5 Å². The number of pyridine rings is 1. The van der Waals surface area contributed by atoms with Crippen molar-refractivity contribution >= 4 is 44.3 Å². The molecule has 21 heavy (non-hydrogen) atoms. The van der Waals surface area contributed by atoms with Crippen molar-refractivity contribution in [3.05, 3.63) is 35.5 Å². The summed E-state index contributed by atoms with van der Waals surface area (Å²) in [7, 11) is -3.43. The zero-order valence-corrected chi connectivity index (χ0v) is 13.7. The second-order valence-electron chi connectivity index (χ2n) is 4.86. The van der Waals surface area contributed by atoms with Crippen LogP contribution in [-0.4, -0.2) is 42.3 Å². The minimum absolute atomic E-state index is 0.325. The third-order valence-corrected chi connectivity index (χ3v) is 6.60. The van der Waals surface area contributed by atoms with E-state index in [9.17, 15) is 8.42 Å². The molecule has 1 saturated heterocycles. The maximum Gasteiger partial charge on any atom is 0.243 e. The van der Waals surface area contributed by atoms with Crippen LogP contribution in [0.5, 0.6) is 0 Å². The second-order valence-corrected chi connectivity index (χ2v) is 8.41. The standard InChI is InChI=1S/C14H15ClN2O2S2/c15-14-5-2-11-10-12(3-4-13(11)16-14)21(18,19)17-6-1-8-20-9-7-17/h2-5,10H,1,6-9H2. The normalized spacial score (nSPS) is 17.8. The molecule has 0 bridgehead atoms. The predicted molar refractivity (Wildman–Crippen MR) is 87.5 cm³/mol. The number of fused-ring (bicyclic) bond motifs is 1. The van der Waals surface area contributed by atoms with E-state index in [0.29, 0.717) is 28.7 Å². The first kappa shape index (κ1) is 15.1. The summed E-state index contributed by atoms with van der Waals surface area (Å²) < 4.78 is 27.0. The second kappa shape index (κ2) is 6.12. The Bertz CT molecular complexity index is 757. The molecule has 2 heterocycles. The van der Waals surface area contributed by atoms with Crippen LogP contribution < -0.4 is 0 Å². The molecule has 1 aromatic heterocycles. The number of nitrogens with zero attached hydrogens (tertiary/aromatic N) is 2. The van der Waals surface area contributed by atoms with Gasteiger partial charge in [-0.15, -0.1) is 0 Å². The molecular formula is C14H15ClN2O2S2. The van der Waals surface area contributed by atoms with Gasteiger partial charge >= 0.3 is 0 Å². The predicted octanol–water partition coefficient (Wildman–Crippen LogP) is 3.02. The van der Waals surface area contributed by atoms with Crippen LogP contribution >= 0.6 is 23.4 Å². The van der Waals surface area contributed by atoms with E-state index in [1.807, 2.05) is 0 Å². The van der Waals surface area contributed by atoms with Gasteiger partial charge in [0, 0.05) is 24.2 Å². The lowest BCUT2D eigenvalue weighted by Gasteiger charge is -2.19. The van der Waals surface area contributed by atoms with Gasteiger partial charge in [0.25, 0.3) is 0 Å². The van der Waals surface area contributed by atoms with Crippen LogP contribution in [0.4, 0.5) is 0 Å². The first-order chi connectivity index (χ1) is 10.1. The number of sulfonamides is 1. The zero-order valence-electron chi connectivity index (χ0n) is 11.3. The van der Waals surface area contributed by atoms with E-state index in [2.05, 4.69) is 4.98 Å². The lowest BCUT2D eigenvalue weighted by Crippen LogP contribution is -2.32. The Balaban J connectivity index is 1.99. The number of hydrogen-bond acceptors (Lipinski definition) is 4. The zero-order chi connectivity index (χ0) is 14.9. The van der Waals surface area contributed by atoms with Gasteiger partial charge in [0.05, 0.1) is 10.4 Å². The average molecular weight is 343 g/mol. The first-order valence-electron chi connectivity index (χ1n) is 6.71. The summed E-state index contributed by atoms with van der Waals surface area (Å²) in [4.78, 5) is 4.51. The Labute approximate surface area is 133 Å². The third kappa shape index (κ3) is 3.18. The van der Waals surface area contributed by atoms with E-state index in [4.69, 9.17) is 11.6 Å². The van der Waals surface area contributed by atoms with Gasteiger partial charge in [0.2, 0.25) is 10.0 Å². The number of benzene rings is 1. The Kier molecular flexibility index (Phi) is 4.40. The van der Waals surface area contributed by atoms with Crippen molar-refractivity contribution in [3.8, 4) is 0 Å². The van der Waals surface area contributed by atoms with Crippen molar-refractivity contribution in [3.63, 3.8) is 0 Å². The minimum atomic E-state index is -3.43. The largest absolute Gasteiger partial charge is 0.243 e. The van der Waals surface area contributed by atoms with Crippen LogP contribution in [0.3, 0.4) is 0 Å². The van der Waals surface area contributed by atoms with Crippen LogP contribution in [-0.2, 0) is 10.0 Å². The van der Waals surface area contributed by atoms with Gasteiger partial charge in [-0.3, -0.25) is 0 Å². The van der Waals surface area contributed by atoms with Crippen molar-refractivity contribution in [2.24, 2.45) is 0 Å². The van der Waals surface area contributed by atoms with E-state index < -0.39 is 10.0 Å². The maximum atomic E-state index is 12.7. The molecule has 3 rings (SSSR count). The summed E-state index contributed by atoms with van der Waals surface area (Å²) in [6.45, 7) is 1.16. The molecule has 1 fully saturated rings. The lowest BCUT2D eigenvalue weighted by atomic mass is 10.2. The van der Waals surface area contributed by atoms with Crippen LogP contribution in [0.25, 0.3) is 10.9 Å². The number of rotatable bonds is 2. The van der Waals surface area contributed by atoms with E-state index in [1.54, 1.807) is 46.4 Å². The van der Waals surface area contributed by atoms with Gasteiger partial charge in [-0.2, -0.15) is 16.1 Å². The molecule has 0 radical (unpaired) electrons. The van der Waals surface area contributed by atoms with Crippen molar-refractivity contribution in [2.75, 3.05) is 24.6 Å². The van der Waals surface area contributed by atoms with Gasteiger partial charge in [-0.1, -0.05) is 11.6 Å². The molecule has 0 amide bonds. The Morgan fingerprint density at radius 2 is 2.00 bits per heavy atom. The molecule has 0 saturated carbocycles. The summed E-state index contributed by atoms with van der Waals surface area (Å²) >= 11 is 7.65. The Morgan fingerprint density at radius 1 is 1.14 bits per heavy atom. The smallest absolute Gasteiger partial charge is 0.236 e. The molecule has 1 aliphatic rings. The molecule has 0 unspecified atom stereocenters. The van der Waals surface area contributed by atoms with Gasteiger partial charge in [0.15, 0.2) is 0 Å². The van der Waals surface area contributed by atoms with Crippen molar-refractivity contribution < 1.29 is 8.42 Å². The Hall–Kier alpha value is -0.820. The third-order valence-electron chi connectivity index (χ3n) is 3.45. The van der Waals surface area contributed by atoms with Crippen molar-refractivity contribution in [2.45, 2.75) is 11.3 Å². The van der Waals surface area contributed by atoms with E-state index >= 15 is 0 Å². The first-order valence-corrected chi connectivity index (χ1v) is 9.69. The highest BCUT2D eigenvalue weighted by Gasteiger charge is 2.25. The van der Waals surface area contributed by atoms with Crippen LogP contribution in [0.1, 0.15) is 6.42 Å². The number of hydrogen-bond donors (Lipinski definition) is 0. The fourth-order valence-electron chi connectivity index (χ4n) is 2.35. The van der Waals surface area contributed by atoms with E-state index in [0.717, 1.165) is 23.3 Å². The fourth-order valence-corrected chi connectivity index (χ4v) is 5.02. The Morgan fingerprint density at radius 3 is 2.86 bits per heavy atom. The maximum absolute atomic E-state index is 12.7. The summed E-state index contributed by atoms with van der Waals surface area (Å²) in [5.41, 5.74) is 0.702. The minimum Gasteiger partial charge on any atom is -0.236 e. The molecule has 0 aliphatic carbocycles. The monoisotopic (exact) mass is 342 g/mol. The molecule has 1 aromatic carbocycles. The molecule has 1 aliphatic heterocycles. The summed E-state index contributed by atoms with van der Waals surface area (Å²) in [6.07, 6.45) is 0.897. The van der Waals surface area contributed by atoms with Gasteiger partial charge in [-0.25, -0.2) is 13.4 Å². The molecular weight excluding hydrogens is 328 g/mol. The van der Waals surface area contributed by atoms with Crippen LogP contribution in [0.2, 0.25) is 5.15 Å². The summed E-state index contributed by atoms with van der Waals surface area (Å²) in [5.74, 6) is 1.87. The highest BCUT2D eigenvalue weighted by molar-refractivity contribution is 7.99. The van der Waals surface area contributed by atoms with E-state index in [1.165, 1.54) is 0 Å². The van der Waals surface area contributed by atoms with Crippen molar-refractivity contribution in [1.29, 1.82) is 0 Å². The molecule has 7 heteroatoms. The number of halogens is 1. The topological polar surface area (TPSA) is 50.3 Å². The molecule has 4 nitrogen and oxygen atoms in total. The summed E-state index contributed by atoms with van der Waals surface area (Å²) in [6, 6.07) is 8.45. The molecule has 0 atom stereocenters. The highest BCUT2D eigenvalue weighted by atomic mass is 35.5. The summed E-state index contributed by atoms with van der Waals surface area (Å²) in [5, 5.41) is 1.19. The van der Waals surface area contributed by atoms with Crippen molar-refractivity contribution in [1.82, 2.24) is 9.29 Å². The highest BCUT2D eigenvalue weighted by Crippen LogP contribution is 2.24.